The van der Waals surface area contributed by atoms with Crippen LogP contribution in [0.15, 0.2) is 72.8 Å². The molecule has 3 aromatic carbocycles. The molecule has 0 aliphatic rings. The number of hydrogen-bond acceptors (Lipinski definition) is 3. The maximum Gasteiger partial charge on any atom is 0.255 e. The topological polar surface area (TPSA) is 67.4 Å². The lowest BCUT2D eigenvalue weighted by molar-refractivity contribution is -0.116. The Morgan fingerprint density at radius 1 is 0.900 bits per heavy atom. The van der Waals surface area contributed by atoms with E-state index in [1.54, 1.807) is 54.6 Å². The van der Waals surface area contributed by atoms with Crippen LogP contribution in [-0.2, 0) is 11.4 Å². The molecule has 0 saturated carbocycles. The van der Waals surface area contributed by atoms with E-state index in [9.17, 15) is 9.59 Å². The van der Waals surface area contributed by atoms with Gasteiger partial charge in [-0.1, -0.05) is 54.9 Å². The average Bonchev–Trinajstić information content (AvgIpc) is 2.75. The summed E-state index contributed by atoms with van der Waals surface area (Å²) in [5.74, 6) is 0.177. The molecule has 3 rings (SSSR count). The molecule has 0 heterocycles. The van der Waals surface area contributed by atoms with Gasteiger partial charge in [0.05, 0.1) is 11.4 Å². The molecule has 2 N–H and O–H groups in total. The van der Waals surface area contributed by atoms with Crippen LogP contribution in [0.25, 0.3) is 0 Å². The van der Waals surface area contributed by atoms with Crippen molar-refractivity contribution >= 4 is 34.8 Å². The number of ether oxygens (including phenoxy) is 1. The van der Waals surface area contributed by atoms with Crippen molar-refractivity contribution in [3.05, 3.63) is 88.9 Å². The van der Waals surface area contributed by atoms with Gasteiger partial charge in [-0.3, -0.25) is 9.59 Å². The van der Waals surface area contributed by atoms with Crippen molar-refractivity contribution < 1.29 is 14.3 Å². The molecule has 5 nitrogen and oxygen atoms in total. The lowest BCUT2D eigenvalue weighted by atomic mass is 10.2. The summed E-state index contributed by atoms with van der Waals surface area (Å²) < 4.78 is 5.80. The molecule has 6 heteroatoms. The van der Waals surface area contributed by atoms with Crippen LogP contribution in [0.1, 0.15) is 35.7 Å². The number of carbonyl (C=O) groups is 2. The van der Waals surface area contributed by atoms with Gasteiger partial charge in [0.25, 0.3) is 5.91 Å². The average molecular weight is 423 g/mol. The molecule has 154 valence electrons. The Kier molecular flexibility index (Phi) is 7.46. The van der Waals surface area contributed by atoms with E-state index < -0.39 is 0 Å². The summed E-state index contributed by atoms with van der Waals surface area (Å²) in [6.07, 6.45) is 1.18. The van der Waals surface area contributed by atoms with Gasteiger partial charge in [-0.2, -0.15) is 0 Å². The first kappa shape index (κ1) is 21.4. The van der Waals surface area contributed by atoms with Gasteiger partial charge in [-0.25, -0.2) is 0 Å². The SMILES string of the molecule is CCCC(=O)Nc1ccccc1NC(=O)c1cccc(OCc2ccccc2Cl)c1. The van der Waals surface area contributed by atoms with Crippen molar-refractivity contribution in [3.63, 3.8) is 0 Å². The lowest BCUT2D eigenvalue weighted by Gasteiger charge is -2.13. The van der Waals surface area contributed by atoms with E-state index in [1.165, 1.54) is 0 Å². The fourth-order valence-corrected chi connectivity index (χ4v) is 3.03. The van der Waals surface area contributed by atoms with Crippen molar-refractivity contribution in [1.29, 1.82) is 0 Å². The molecule has 2 amide bonds. The normalized spacial score (nSPS) is 10.3. The molecule has 0 unspecified atom stereocenters. The molecule has 0 bridgehead atoms. The van der Waals surface area contributed by atoms with Gasteiger partial charge in [0, 0.05) is 22.6 Å². The zero-order valence-corrected chi connectivity index (χ0v) is 17.4. The molecule has 0 radical (unpaired) electrons. The Balaban J connectivity index is 1.69. The van der Waals surface area contributed by atoms with Crippen LogP contribution < -0.4 is 15.4 Å². The first-order valence-corrected chi connectivity index (χ1v) is 10.1. The maximum atomic E-state index is 12.8. The van der Waals surface area contributed by atoms with Gasteiger partial charge in [0.2, 0.25) is 5.91 Å². The number of carbonyl (C=O) groups excluding carboxylic acids is 2. The zero-order chi connectivity index (χ0) is 21.3. The van der Waals surface area contributed by atoms with Crippen LogP contribution in [-0.4, -0.2) is 11.8 Å². The van der Waals surface area contributed by atoms with E-state index in [0.29, 0.717) is 40.7 Å². The highest BCUT2D eigenvalue weighted by Gasteiger charge is 2.12. The van der Waals surface area contributed by atoms with E-state index in [1.807, 2.05) is 25.1 Å². The van der Waals surface area contributed by atoms with Gasteiger partial charge in [0.15, 0.2) is 0 Å². The number of para-hydroxylation sites is 2. The van der Waals surface area contributed by atoms with Gasteiger partial charge in [-0.05, 0) is 42.8 Å². The highest BCUT2D eigenvalue weighted by Crippen LogP contribution is 2.24. The second kappa shape index (κ2) is 10.5. The second-order valence-electron chi connectivity index (χ2n) is 6.71. The maximum absolute atomic E-state index is 12.8. The van der Waals surface area contributed by atoms with Crippen molar-refractivity contribution in [2.24, 2.45) is 0 Å². The molecule has 0 aliphatic heterocycles. The summed E-state index contributed by atoms with van der Waals surface area (Å²) in [4.78, 5) is 24.7. The van der Waals surface area contributed by atoms with Gasteiger partial charge >= 0.3 is 0 Å². The van der Waals surface area contributed by atoms with Crippen LogP contribution in [0, 0.1) is 0 Å². The van der Waals surface area contributed by atoms with E-state index in [2.05, 4.69) is 10.6 Å². The molecular weight excluding hydrogens is 400 g/mol. The molecule has 30 heavy (non-hydrogen) atoms. The summed E-state index contributed by atoms with van der Waals surface area (Å²) in [6.45, 7) is 2.24. The van der Waals surface area contributed by atoms with Crippen LogP contribution in [0.5, 0.6) is 5.75 Å². The third kappa shape index (κ3) is 5.84. The van der Waals surface area contributed by atoms with E-state index in [4.69, 9.17) is 16.3 Å². The molecule has 0 aliphatic carbocycles. The fourth-order valence-electron chi connectivity index (χ4n) is 2.84. The molecule has 3 aromatic rings. The van der Waals surface area contributed by atoms with Crippen molar-refractivity contribution in [3.8, 4) is 5.75 Å². The monoisotopic (exact) mass is 422 g/mol. The van der Waals surface area contributed by atoms with Gasteiger partial charge in [0.1, 0.15) is 12.4 Å². The summed E-state index contributed by atoms with van der Waals surface area (Å²) in [6, 6.07) is 21.5. The van der Waals surface area contributed by atoms with Crippen molar-refractivity contribution in [2.45, 2.75) is 26.4 Å². The van der Waals surface area contributed by atoms with Gasteiger partial charge < -0.3 is 15.4 Å². The van der Waals surface area contributed by atoms with Crippen molar-refractivity contribution in [2.75, 3.05) is 10.6 Å². The Bertz CT molecular complexity index is 1040. The molecular formula is C24H23ClN2O3. The highest BCUT2D eigenvalue weighted by molar-refractivity contribution is 6.31. The predicted octanol–water partition coefficient (Wildman–Crippen LogP) is 5.91. The predicted molar refractivity (Wildman–Crippen MR) is 120 cm³/mol. The number of hydrogen-bond donors (Lipinski definition) is 2. The summed E-state index contributed by atoms with van der Waals surface area (Å²) >= 11 is 6.16. The largest absolute Gasteiger partial charge is 0.489 e. The minimum atomic E-state index is -0.296. The molecule has 0 atom stereocenters. The van der Waals surface area contributed by atoms with E-state index in [0.717, 1.165) is 12.0 Å². The quantitative estimate of drug-likeness (QED) is 0.474. The van der Waals surface area contributed by atoms with Crippen LogP contribution in [0.2, 0.25) is 5.02 Å². The van der Waals surface area contributed by atoms with E-state index in [-0.39, 0.29) is 11.8 Å². The number of rotatable bonds is 8. The van der Waals surface area contributed by atoms with E-state index >= 15 is 0 Å². The first-order chi connectivity index (χ1) is 14.6. The fraction of sp³-hybridized carbons (Fsp3) is 0.167. The first-order valence-electron chi connectivity index (χ1n) is 9.73. The number of nitrogens with one attached hydrogen (secondary N) is 2. The summed E-state index contributed by atoms with van der Waals surface area (Å²) in [5, 5.41) is 6.32. The molecule has 0 saturated heterocycles. The molecule has 0 fully saturated rings. The minimum absolute atomic E-state index is 0.0887. The third-order valence-electron chi connectivity index (χ3n) is 4.37. The second-order valence-corrected chi connectivity index (χ2v) is 7.11. The Morgan fingerprint density at radius 2 is 1.60 bits per heavy atom. The summed E-state index contributed by atoms with van der Waals surface area (Å²) in [7, 11) is 0. The minimum Gasteiger partial charge on any atom is -0.489 e. The standard InChI is InChI=1S/C24H23ClN2O3/c1-2-8-23(28)26-21-13-5-6-14-22(21)27-24(29)17-10-7-11-19(15-17)30-16-18-9-3-4-12-20(18)25/h3-7,9-15H,2,8,16H2,1H3,(H,26,28)(H,27,29). The van der Waals surface area contributed by atoms with Crippen molar-refractivity contribution in [1.82, 2.24) is 0 Å². The number of anilines is 2. The Labute approximate surface area is 181 Å². The van der Waals surface area contributed by atoms with Crippen LogP contribution in [0.3, 0.4) is 0 Å². The number of amides is 2. The third-order valence-corrected chi connectivity index (χ3v) is 4.74. The van der Waals surface area contributed by atoms with Crippen LogP contribution in [0.4, 0.5) is 11.4 Å². The molecule has 0 spiro atoms. The summed E-state index contributed by atoms with van der Waals surface area (Å²) in [5.41, 5.74) is 2.41. The number of halogens is 1. The number of benzene rings is 3. The highest BCUT2D eigenvalue weighted by atomic mass is 35.5. The Morgan fingerprint density at radius 3 is 2.33 bits per heavy atom. The molecule has 0 aromatic heterocycles. The zero-order valence-electron chi connectivity index (χ0n) is 16.7. The van der Waals surface area contributed by atoms with Crippen LogP contribution >= 0.6 is 11.6 Å². The smallest absolute Gasteiger partial charge is 0.255 e. The Hall–Kier alpha value is -3.31. The van der Waals surface area contributed by atoms with Gasteiger partial charge in [-0.15, -0.1) is 0 Å². The lowest BCUT2D eigenvalue weighted by Crippen LogP contribution is -2.16.